The lowest BCUT2D eigenvalue weighted by atomic mass is 9.93. The molecule has 0 bridgehead atoms. The number of aliphatic hydroxyl groups excluding tert-OH is 1. The molecule has 3 N–H and O–H groups in total. The molecule has 0 spiro atoms. The van der Waals surface area contributed by atoms with E-state index < -0.39 is 6.41 Å². The molecule has 0 aromatic carbocycles. The van der Waals surface area contributed by atoms with Gasteiger partial charge < -0.3 is 19.6 Å². The molecular weight excluding hydrogens is 348 g/mol. The quantitative estimate of drug-likeness (QED) is 0.557. The van der Waals surface area contributed by atoms with E-state index >= 15 is 0 Å². The third-order valence-corrected chi connectivity index (χ3v) is 5.81. The first-order chi connectivity index (χ1) is 13.2. The van der Waals surface area contributed by atoms with Crippen molar-refractivity contribution in [2.75, 3.05) is 13.2 Å². The number of aromatic amines is 1. The van der Waals surface area contributed by atoms with Crippen LogP contribution in [0.15, 0.2) is 18.5 Å². The Morgan fingerprint density at radius 1 is 1.41 bits per heavy atom. The topological polar surface area (TPSA) is 110 Å². The van der Waals surface area contributed by atoms with Crippen LogP contribution in [0.4, 0.5) is 0 Å². The van der Waals surface area contributed by atoms with E-state index in [9.17, 15) is 5.11 Å². The van der Waals surface area contributed by atoms with Gasteiger partial charge in [0, 0.05) is 12.1 Å². The molecule has 3 aromatic rings. The van der Waals surface area contributed by atoms with Gasteiger partial charge in [-0.15, -0.1) is 10.2 Å². The normalized spacial score (nSPS) is 27.4. The zero-order chi connectivity index (χ0) is 18.4. The highest BCUT2D eigenvalue weighted by molar-refractivity contribution is 5.74. The van der Waals surface area contributed by atoms with Crippen LogP contribution < -0.4 is 5.32 Å². The SMILES string of the molecule is CC[C@@H]1C[C@@H](OC(O)NC2COC2)C[C@@H]1c1nnc2cnc3[nH]ccc3n12. The Morgan fingerprint density at radius 2 is 2.30 bits per heavy atom. The number of aromatic nitrogens is 5. The van der Waals surface area contributed by atoms with Gasteiger partial charge in [-0.2, -0.15) is 0 Å². The number of aliphatic hydroxyl groups is 1. The van der Waals surface area contributed by atoms with Crippen molar-refractivity contribution in [1.82, 2.24) is 29.9 Å². The van der Waals surface area contributed by atoms with Crippen LogP contribution in [0.2, 0.25) is 0 Å². The lowest BCUT2D eigenvalue weighted by Crippen LogP contribution is -2.51. The van der Waals surface area contributed by atoms with Gasteiger partial charge in [-0.25, -0.2) is 4.98 Å². The summed E-state index contributed by atoms with van der Waals surface area (Å²) in [6, 6.07) is 2.18. The molecule has 0 amide bonds. The number of ether oxygens (including phenoxy) is 2. The minimum Gasteiger partial charge on any atom is -0.378 e. The molecular formula is C18H24N6O3. The fourth-order valence-electron chi connectivity index (χ4n) is 4.35. The maximum Gasteiger partial charge on any atom is 0.214 e. The van der Waals surface area contributed by atoms with Gasteiger partial charge in [0.2, 0.25) is 6.41 Å². The monoisotopic (exact) mass is 372 g/mol. The second-order valence-electron chi connectivity index (χ2n) is 7.48. The molecule has 1 saturated carbocycles. The molecule has 4 heterocycles. The fraction of sp³-hybridized carbons (Fsp3) is 0.611. The largest absolute Gasteiger partial charge is 0.378 e. The smallest absolute Gasteiger partial charge is 0.214 e. The zero-order valence-corrected chi connectivity index (χ0v) is 15.2. The highest BCUT2D eigenvalue weighted by Gasteiger charge is 2.39. The van der Waals surface area contributed by atoms with Gasteiger partial charge in [0.05, 0.1) is 37.1 Å². The number of fused-ring (bicyclic) bond motifs is 3. The number of H-pyrrole nitrogens is 1. The maximum atomic E-state index is 10.2. The molecule has 2 aliphatic rings. The van der Waals surface area contributed by atoms with E-state index in [1.165, 1.54) is 0 Å². The molecule has 144 valence electrons. The van der Waals surface area contributed by atoms with Gasteiger partial charge in [0.15, 0.2) is 11.3 Å². The summed E-state index contributed by atoms with van der Waals surface area (Å²) in [5.74, 6) is 1.61. The summed E-state index contributed by atoms with van der Waals surface area (Å²) in [7, 11) is 0. The number of nitrogens with zero attached hydrogens (tertiary/aromatic N) is 4. The summed E-state index contributed by atoms with van der Waals surface area (Å²) in [5, 5.41) is 22.0. The molecule has 4 atom stereocenters. The molecule has 0 radical (unpaired) electrons. The van der Waals surface area contributed by atoms with Crippen LogP contribution >= 0.6 is 0 Å². The second kappa shape index (κ2) is 6.83. The van der Waals surface area contributed by atoms with Gasteiger partial charge in [-0.3, -0.25) is 9.72 Å². The highest BCUT2D eigenvalue weighted by Crippen LogP contribution is 2.42. The first-order valence-corrected chi connectivity index (χ1v) is 9.57. The molecule has 5 rings (SSSR count). The summed E-state index contributed by atoms with van der Waals surface area (Å²) < 4.78 is 13.1. The van der Waals surface area contributed by atoms with E-state index in [-0.39, 0.29) is 18.1 Å². The second-order valence-corrected chi connectivity index (χ2v) is 7.48. The lowest BCUT2D eigenvalue weighted by molar-refractivity contribution is -0.173. The van der Waals surface area contributed by atoms with E-state index in [0.29, 0.717) is 19.1 Å². The van der Waals surface area contributed by atoms with Gasteiger partial charge in [-0.05, 0) is 24.8 Å². The first-order valence-electron chi connectivity index (χ1n) is 9.57. The van der Waals surface area contributed by atoms with Crippen molar-refractivity contribution < 1.29 is 14.6 Å². The van der Waals surface area contributed by atoms with Crippen LogP contribution in [0.3, 0.4) is 0 Å². The van der Waals surface area contributed by atoms with Crippen molar-refractivity contribution in [1.29, 1.82) is 0 Å². The zero-order valence-electron chi connectivity index (χ0n) is 15.2. The fourth-order valence-corrected chi connectivity index (χ4v) is 4.35. The summed E-state index contributed by atoms with van der Waals surface area (Å²) in [5.41, 5.74) is 2.56. The molecule has 3 aromatic heterocycles. The van der Waals surface area contributed by atoms with Crippen LogP contribution in [-0.4, -0.2) is 61.4 Å². The van der Waals surface area contributed by atoms with Crippen molar-refractivity contribution in [2.45, 2.75) is 50.7 Å². The summed E-state index contributed by atoms with van der Waals surface area (Å²) in [6.07, 6.45) is 5.39. The Morgan fingerprint density at radius 3 is 3.07 bits per heavy atom. The average molecular weight is 372 g/mol. The third-order valence-electron chi connectivity index (χ3n) is 5.81. The minimum atomic E-state index is -0.962. The molecule has 1 unspecified atom stereocenters. The number of nitrogens with one attached hydrogen (secondary N) is 2. The van der Waals surface area contributed by atoms with Gasteiger partial charge in [0.1, 0.15) is 5.82 Å². The Bertz CT molecular complexity index is 936. The van der Waals surface area contributed by atoms with Gasteiger partial charge in [0.25, 0.3) is 0 Å². The minimum absolute atomic E-state index is 0.0145. The van der Waals surface area contributed by atoms with Crippen LogP contribution in [0.25, 0.3) is 16.8 Å². The predicted octanol–water partition coefficient (Wildman–Crippen LogP) is 1.16. The van der Waals surface area contributed by atoms with E-state index in [2.05, 4.69) is 36.8 Å². The summed E-state index contributed by atoms with van der Waals surface area (Å²) in [4.78, 5) is 7.53. The Labute approximate surface area is 156 Å². The van der Waals surface area contributed by atoms with Crippen molar-refractivity contribution in [3.05, 3.63) is 24.3 Å². The highest BCUT2D eigenvalue weighted by atomic mass is 16.6. The first kappa shape index (κ1) is 17.1. The standard InChI is InChI=1S/C18H24N6O3/c1-2-10-5-12(27-18(25)21-11-8-26-9-11)6-13(10)17-23-22-15-7-20-16-14(24(15)17)3-4-19-16/h3-4,7,10-13,18-19,21,25H,2,5-6,8-9H2,1H3/t10-,12-,13+,18?/m1/s1. The summed E-state index contributed by atoms with van der Waals surface area (Å²) in [6.45, 7) is 3.44. The Kier molecular flexibility index (Phi) is 4.31. The number of hydrogen-bond acceptors (Lipinski definition) is 7. The van der Waals surface area contributed by atoms with Crippen LogP contribution in [-0.2, 0) is 9.47 Å². The van der Waals surface area contributed by atoms with E-state index in [1.807, 2.05) is 12.3 Å². The van der Waals surface area contributed by atoms with Gasteiger partial charge >= 0.3 is 0 Å². The molecule has 9 nitrogen and oxygen atoms in total. The van der Waals surface area contributed by atoms with Crippen molar-refractivity contribution in [2.24, 2.45) is 5.92 Å². The van der Waals surface area contributed by atoms with Crippen molar-refractivity contribution >= 4 is 16.8 Å². The predicted molar refractivity (Wildman–Crippen MR) is 97.0 cm³/mol. The maximum absolute atomic E-state index is 10.2. The molecule has 9 heteroatoms. The molecule has 1 aliphatic heterocycles. The molecule has 1 saturated heterocycles. The van der Waals surface area contributed by atoms with Crippen LogP contribution in [0.1, 0.15) is 37.9 Å². The molecule has 27 heavy (non-hydrogen) atoms. The van der Waals surface area contributed by atoms with Crippen molar-refractivity contribution in [3.63, 3.8) is 0 Å². The third kappa shape index (κ3) is 3.00. The Hall–Kier alpha value is -2.07. The van der Waals surface area contributed by atoms with E-state index in [1.54, 1.807) is 6.20 Å². The lowest BCUT2D eigenvalue weighted by Gasteiger charge is -2.30. The van der Waals surface area contributed by atoms with Crippen LogP contribution in [0.5, 0.6) is 0 Å². The van der Waals surface area contributed by atoms with Crippen molar-refractivity contribution in [3.8, 4) is 0 Å². The molecule has 1 aliphatic carbocycles. The number of rotatable bonds is 6. The Balaban J connectivity index is 1.39. The van der Waals surface area contributed by atoms with E-state index in [0.717, 1.165) is 41.9 Å². The van der Waals surface area contributed by atoms with Gasteiger partial charge in [-0.1, -0.05) is 13.3 Å². The number of hydrogen-bond donors (Lipinski definition) is 3. The average Bonchev–Trinajstić information content (AvgIpc) is 3.34. The van der Waals surface area contributed by atoms with E-state index in [4.69, 9.17) is 9.47 Å². The molecule has 2 fully saturated rings. The van der Waals surface area contributed by atoms with Crippen LogP contribution in [0, 0.1) is 5.92 Å². The summed E-state index contributed by atoms with van der Waals surface area (Å²) >= 11 is 0.